The van der Waals surface area contributed by atoms with Crippen LogP contribution in [0, 0.1) is 0 Å². The number of fused-ring (bicyclic) bond motifs is 1. The number of hydrogen-bond donors (Lipinski definition) is 0. The molecule has 0 aliphatic heterocycles. The smallest absolute Gasteiger partial charge is 0.112 e. The molecule has 0 saturated heterocycles. The van der Waals surface area contributed by atoms with Crippen molar-refractivity contribution in [2.45, 2.75) is 13.3 Å². The van der Waals surface area contributed by atoms with E-state index in [4.69, 9.17) is 0 Å². The Bertz CT molecular complexity index is 362. The Morgan fingerprint density at radius 1 is 1.45 bits per heavy atom. The van der Waals surface area contributed by atoms with Crippen LogP contribution in [-0.2, 0) is 6.42 Å². The number of imidazole rings is 1. The minimum atomic E-state index is 0.984. The van der Waals surface area contributed by atoms with Crippen molar-refractivity contribution in [3.8, 4) is 0 Å². The summed E-state index contributed by atoms with van der Waals surface area (Å²) >= 11 is 0. The molecular formula is C9H10N2. The Balaban J connectivity index is 2.76. The first-order valence-electron chi connectivity index (χ1n) is 3.83. The predicted molar refractivity (Wildman–Crippen MR) is 44.6 cm³/mol. The van der Waals surface area contributed by atoms with Gasteiger partial charge in [0.2, 0.25) is 0 Å². The molecule has 2 nitrogen and oxygen atoms in total. The van der Waals surface area contributed by atoms with E-state index >= 15 is 0 Å². The number of nitrogens with zero attached hydrogens (tertiary/aromatic N) is 2. The Hall–Kier alpha value is -1.31. The lowest BCUT2D eigenvalue weighted by atomic mass is 10.4. The summed E-state index contributed by atoms with van der Waals surface area (Å²) in [6, 6.07) is 6.11. The van der Waals surface area contributed by atoms with Gasteiger partial charge in [-0.3, -0.25) is 0 Å². The van der Waals surface area contributed by atoms with E-state index in [9.17, 15) is 0 Å². The molecule has 11 heavy (non-hydrogen) atoms. The zero-order valence-corrected chi connectivity index (χ0v) is 6.49. The van der Waals surface area contributed by atoms with Crippen molar-refractivity contribution in [3.05, 3.63) is 36.4 Å². The molecule has 2 aromatic rings. The van der Waals surface area contributed by atoms with Gasteiger partial charge in [0.15, 0.2) is 0 Å². The van der Waals surface area contributed by atoms with Gasteiger partial charge in [-0.2, -0.15) is 0 Å². The minimum absolute atomic E-state index is 0.984. The normalized spacial score (nSPS) is 10.6. The first-order chi connectivity index (χ1) is 5.42. The Labute approximate surface area is 65.5 Å². The predicted octanol–water partition coefficient (Wildman–Crippen LogP) is 1.90. The van der Waals surface area contributed by atoms with Crippen molar-refractivity contribution in [1.29, 1.82) is 0 Å². The van der Waals surface area contributed by atoms with Crippen molar-refractivity contribution >= 4 is 5.52 Å². The van der Waals surface area contributed by atoms with E-state index in [1.165, 1.54) is 5.52 Å². The summed E-state index contributed by atoms with van der Waals surface area (Å²) in [6.07, 6.45) is 4.93. The third-order valence-electron chi connectivity index (χ3n) is 1.83. The second-order valence-electron chi connectivity index (χ2n) is 2.52. The highest BCUT2D eigenvalue weighted by Crippen LogP contribution is 2.05. The van der Waals surface area contributed by atoms with Gasteiger partial charge in [0.05, 0.1) is 11.7 Å². The van der Waals surface area contributed by atoms with Crippen LogP contribution in [0.25, 0.3) is 5.52 Å². The second kappa shape index (κ2) is 2.38. The van der Waals surface area contributed by atoms with E-state index in [1.807, 2.05) is 24.5 Å². The Morgan fingerprint density at radius 3 is 3.18 bits per heavy atom. The summed E-state index contributed by atoms with van der Waals surface area (Å²) in [7, 11) is 0. The molecule has 0 aromatic carbocycles. The average molecular weight is 146 g/mol. The summed E-state index contributed by atoms with van der Waals surface area (Å²) in [4.78, 5) is 4.28. The van der Waals surface area contributed by atoms with Crippen LogP contribution in [0.4, 0.5) is 0 Å². The first kappa shape index (κ1) is 6.40. The highest BCUT2D eigenvalue weighted by molar-refractivity contribution is 5.45. The van der Waals surface area contributed by atoms with Gasteiger partial charge in [-0.05, 0) is 12.1 Å². The molecule has 0 N–H and O–H groups in total. The lowest BCUT2D eigenvalue weighted by molar-refractivity contribution is 0.933. The quantitative estimate of drug-likeness (QED) is 0.600. The average Bonchev–Trinajstić information content (AvgIpc) is 2.47. The van der Waals surface area contributed by atoms with Gasteiger partial charge in [-0.25, -0.2) is 4.98 Å². The number of pyridine rings is 1. The van der Waals surface area contributed by atoms with E-state index in [0.717, 1.165) is 12.2 Å². The van der Waals surface area contributed by atoms with Crippen LogP contribution in [0.2, 0.25) is 0 Å². The van der Waals surface area contributed by atoms with Gasteiger partial charge in [0.1, 0.15) is 5.82 Å². The molecule has 0 aliphatic rings. The Morgan fingerprint density at radius 2 is 2.36 bits per heavy atom. The van der Waals surface area contributed by atoms with E-state index in [0.29, 0.717) is 0 Å². The largest absolute Gasteiger partial charge is 0.304 e. The van der Waals surface area contributed by atoms with E-state index in [1.54, 1.807) is 0 Å². The maximum absolute atomic E-state index is 4.28. The number of aromatic nitrogens is 2. The van der Waals surface area contributed by atoms with Crippen LogP contribution in [0.1, 0.15) is 12.7 Å². The third-order valence-corrected chi connectivity index (χ3v) is 1.83. The van der Waals surface area contributed by atoms with Crippen LogP contribution < -0.4 is 0 Å². The fourth-order valence-corrected chi connectivity index (χ4v) is 1.26. The van der Waals surface area contributed by atoms with Crippen LogP contribution in [0.15, 0.2) is 30.6 Å². The maximum Gasteiger partial charge on any atom is 0.112 e. The maximum atomic E-state index is 4.28. The lowest BCUT2D eigenvalue weighted by Gasteiger charge is -1.94. The molecule has 2 rings (SSSR count). The summed E-state index contributed by atoms with van der Waals surface area (Å²) in [6.45, 7) is 2.11. The summed E-state index contributed by atoms with van der Waals surface area (Å²) in [5, 5.41) is 0. The molecule has 56 valence electrons. The number of aryl methyl sites for hydroxylation is 1. The third kappa shape index (κ3) is 0.909. The molecule has 0 aliphatic carbocycles. The summed E-state index contributed by atoms with van der Waals surface area (Å²) in [5.74, 6) is 1.13. The SMILES string of the molecule is CCc1ncc2ccccn12. The second-order valence-corrected chi connectivity index (χ2v) is 2.52. The van der Waals surface area contributed by atoms with E-state index in [-0.39, 0.29) is 0 Å². The highest BCUT2D eigenvalue weighted by atomic mass is 15.0. The topological polar surface area (TPSA) is 17.3 Å². The van der Waals surface area contributed by atoms with Crippen LogP contribution in [0.5, 0.6) is 0 Å². The van der Waals surface area contributed by atoms with Gasteiger partial charge in [0, 0.05) is 12.6 Å². The van der Waals surface area contributed by atoms with Gasteiger partial charge < -0.3 is 4.40 Å². The molecule has 2 heterocycles. The standard InChI is InChI=1S/C9H10N2/c1-2-9-10-7-8-5-3-4-6-11(8)9/h3-7H,2H2,1H3. The van der Waals surface area contributed by atoms with Crippen molar-refractivity contribution in [2.24, 2.45) is 0 Å². The molecule has 0 unspecified atom stereocenters. The van der Waals surface area contributed by atoms with Gasteiger partial charge in [-0.1, -0.05) is 13.0 Å². The first-order valence-corrected chi connectivity index (χ1v) is 3.83. The van der Waals surface area contributed by atoms with Crippen molar-refractivity contribution in [3.63, 3.8) is 0 Å². The van der Waals surface area contributed by atoms with Crippen LogP contribution in [0.3, 0.4) is 0 Å². The van der Waals surface area contributed by atoms with Gasteiger partial charge >= 0.3 is 0 Å². The lowest BCUT2D eigenvalue weighted by Crippen LogP contribution is -1.90. The number of hydrogen-bond acceptors (Lipinski definition) is 1. The monoisotopic (exact) mass is 146 g/mol. The highest BCUT2D eigenvalue weighted by Gasteiger charge is 1.97. The van der Waals surface area contributed by atoms with Gasteiger partial charge in [0.25, 0.3) is 0 Å². The van der Waals surface area contributed by atoms with Gasteiger partial charge in [-0.15, -0.1) is 0 Å². The van der Waals surface area contributed by atoms with Crippen molar-refractivity contribution in [2.75, 3.05) is 0 Å². The molecule has 0 saturated carbocycles. The molecule has 2 heteroatoms. The fraction of sp³-hybridized carbons (Fsp3) is 0.222. The molecule has 0 spiro atoms. The molecule has 0 atom stereocenters. The van der Waals surface area contributed by atoms with Crippen molar-refractivity contribution < 1.29 is 0 Å². The summed E-state index contributed by atoms with van der Waals surface area (Å²) in [5.41, 5.74) is 1.17. The number of rotatable bonds is 1. The molecule has 2 aromatic heterocycles. The molecule has 0 amide bonds. The zero-order valence-electron chi connectivity index (χ0n) is 6.49. The Kier molecular flexibility index (Phi) is 1.39. The molecule has 0 fully saturated rings. The molecular weight excluding hydrogens is 136 g/mol. The fourth-order valence-electron chi connectivity index (χ4n) is 1.26. The van der Waals surface area contributed by atoms with E-state index < -0.39 is 0 Å². The molecule has 0 radical (unpaired) electrons. The zero-order chi connectivity index (χ0) is 7.68. The summed E-state index contributed by atoms with van der Waals surface area (Å²) < 4.78 is 2.11. The van der Waals surface area contributed by atoms with Crippen LogP contribution in [-0.4, -0.2) is 9.38 Å². The minimum Gasteiger partial charge on any atom is -0.304 e. The van der Waals surface area contributed by atoms with E-state index in [2.05, 4.69) is 22.4 Å². The van der Waals surface area contributed by atoms with Crippen LogP contribution >= 0.6 is 0 Å². The van der Waals surface area contributed by atoms with Crippen molar-refractivity contribution in [1.82, 2.24) is 9.38 Å². The molecule has 0 bridgehead atoms.